The second-order valence-corrected chi connectivity index (χ2v) is 5.43. The predicted octanol–water partition coefficient (Wildman–Crippen LogP) is 2.20. The summed E-state index contributed by atoms with van der Waals surface area (Å²) in [5.41, 5.74) is -0.290. The van der Waals surface area contributed by atoms with Crippen molar-refractivity contribution in [1.29, 1.82) is 0 Å². The van der Waals surface area contributed by atoms with E-state index in [0.717, 1.165) is 0 Å². The Balaban J connectivity index is 2.30. The molecule has 0 saturated carbocycles. The first-order chi connectivity index (χ1) is 9.39. The molecule has 0 atom stereocenters. The molecule has 0 aromatic heterocycles. The minimum absolute atomic E-state index is 0.0276. The Labute approximate surface area is 118 Å². The van der Waals surface area contributed by atoms with E-state index < -0.39 is 10.5 Å². The van der Waals surface area contributed by atoms with E-state index in [4.69, 9.17) is 4.74 Å². The van der Waals surface area contributed by atoms with Crippen molar-refractivity contribution >= 4 is 11.4 Å². The van der Waals surface area contributed by atoms with Crippen molar-refractivity contribution in [3.63, 3.8) is 0 Å². The number of para-hydroxylation sites is 1. The highest BCUT2D eigenvalue weighted by molar-refractivity contribution is 5.71. The highest BCUT2D eigenvalue weighted by atomic mass is 16.6. The Morgan fingerprint density at radius 1 is 1.50 bits per heavy atom. The minimum atomic E-state index is -0.768. The van der Waals surface area contributed by atoms with E-state index in [2.05, 4.69) is 0 Å². The van der Waals surface area contributed by atoms with Crippen molar-refractivity contribution in [2.24, 2.45) is 5.92 Å². The Hall–Kier alpha value is -1.82. The van der Waals surface area contributed by atoms with E-state index in [1.165, 1.54) is 0 Å². The van der Waals surface area contributed by atoms with Gasteiger partial charge in [0.25, 0.3) is 0 Å². The van der Waals surface area contributed by atoms with Gasteiger partial charge in [0.05, 0.1) is 11.5 Å². The number of nitro groups is 1. The van der Waals surface area contributed by atoms with Gasteiger partial charge >= 0.3 is 5.69 Å². The smallest absolute Gasteiger partial charge is 0.333 e. The van der Waals surface area contributed by atoms with E-state index in [0.29, 0.717) is 25.4 Å². The number of nitrogens with zero attached hydrogens (tertiary/aromatic N) is 2. The summed E-state index contributed by atoms with van der Waals surface area (Å²) in [5, 5.41) is 21.6. The molecule has 1 heterocycles. The van der Waals surface area contributed by atoms with Crippen LogP contribution in [-0.2, 0) is 0 Å². The number of nitro benzene ring substituents is 1. The standard InChI is InChI=1S/C14H20N2O4/c1-4-20-12-7-5-6-11(13(12)16(18)19)15-8-14(17,9-15)10(2)3/h5-7,10,17H,4,8-9H2,1-3H3. The fraction of sp³-hybridized carbons (Fsp3) is 0.571. The molecule has 0 spiro atoms. The molecule has 110 valence electrons. The van der Waals surface area contributed by atoms with Gasteiger partial charge in [0.15, 0.2) is 5.75 Å². The summed E-state index contributed by atoms with van der Waals surface area (Å²) >= 11 is 0. The number of ether oxygens (including phenoxy) is 1. The van der Waals surface area contributed by atoms with E-state index in [-0.39, 0.29) is 17.4 Å². The zero-order chi connectivity index (χ0) is 14.9. The van der Waals surface area contributed by atoms with Crippen LogP contribution in [0.5, 0.6) is 5.75 Å². The first-order valence-corrected chi connectivity index (χ1v) is 6.76. The molecule has 1 N–H and O–H groups in total. The molecule has 2 rings (SSSR count). The lowest BCUT2D eigenvalue weighted by atomic mass is 9.82. The van der Waals surface area contributed by atoms with Crippen LogP contribution in [0.15, 0.2) is 18.2 Å². The zero-order valence-corrected chi connectivity index (χ0v) is 12.0. The van der Waals surface area contributed by atoms with Gasteiger partial charge in [-0.3, -0.25) is 10.1 Å². The number of rotatable bonds is 5. The van der Waals surface area contributed by atoms with Gasteiger partial charge in [-0.15, -0.1) is 0 Å². The number of anilines is 1. The summed E-state index contributed by atoms with van der Waals surface area (Å²) in [5.74, 6) is 0.392. The third-order valence-corrected chi connectivity index (χ3v) is 3.80. The predicted molar refractivity (Wildman–Crippen MR) is 76.3 cm³/mol. The molecule has 0 radical (unpaired) electrons. The van der Waals surface area contributed by atoms with Crippen molar-refractivity contribution in [3.05, 3.63) is 28.3 Å². The van der Waals surface area contributed by atoms with E-state index in [9.17, 15) is 15.2 Å². The number of aliphatic hydroxyl groups is 1. The average Bonchev–Trinajstić information content (AvgIpc) is 2.34. The lowest BCUT2D eigenvalue weighted by Gasteiger charge is -2.50. The van der Waals surface area contributed by atoms with Gasteiger partial charge in [-0.05, 0) is 25.0 Å². The van der Waals surface area contributed by atoms with Crippen LogP contribution >= 0.6 is 0 Å². The Morgan fingerprint density at radius 3 is 2.65 bits per heavy atom. The second-order valence-electron chi connectivity index (χ2n) is 5.43. The third-order valence-electron chi connectivity index (χ3n) is 3.80. The lowest BCUT2D eigenvalue weighted by molar-refractivity contribution is -0.385. The van der Waals surface area contributed by atoms with Crippen LogP contribution in [-0.4, -0.2) is 35.3 Å². The molecular weight excluding hydrogens is 260 g/mol. The van der Waals surface area contributed by atoms with Crippen LogP contribution in [0.1, 0.15) is 20.8 Å². The first-order valence-electron chi connectivity index (χ1n) is 6.76. The molecule has 1 aliphatic rings. The fourth-order valence-electron chi connectivity index (χ4n) is 2.37. The maximum atomic E-state index is 11.3. The van der Waals surface area contributed by atoms with E-state index in [1.54, 1.807) is 25.1 Å². The van der Waals surface area contributed by atoms with Crippen LogP contribution in [0.3, 0.4) is 0 Å². The van der Waals surface area contributed by atoms with Gasteiger partial charge in [0.1, 0.15) is 11.3 Å². The van der Waals surface area contributed by atoms with Crippen LogP contribution in [0.4, 0.5) is 11.4 Å². The van der Waals surface area contributed by atoms with Crippen molar-refractivity contribution in [3.8, 4) is 5.75 Å². The fourth-order valence-corrected chi connectivity index (χ4v) is 2.37. The number of hydrogen-bond donors (Lipinski definition) is 1. The van der Waals surface area contributed by atoms with Crippen LogP contribution in [0.25, 0.3) is 0 Å². The molecule has 1 saturated heterocycles. The molecule has 6 nitrogen and oxygen atoms in total. The Kier molecular flexibility index (Phi) is 3.85. The monoisotopic (exact) mass is 280 g/mol. The molecule has 0 aliphatic carbocycles. The number of benzene rings is 1. The van der Waals surface area contributed by atoms with Crippen LogP contribution < -0.4 is 9.64 Å². The average molecular weight is 280 g/mol. The van der Waals surface area contributed by atoms with Crippen molar-refractivity contribution < 1.29 is 14.8 Å². The molecule has 6 heteroatoms. The molecule has 1 aromatic rings. The summed E-state index contributed by atoms with van der Waals surface area (Å²) in [7, 11) is 0. The highest BCUT2D eigenvalue weighted by Gasteiger charge is 2.45. The van der Waals surface area contributed by atoms with Gasteiger partial charge in [-0.25, -0.2) is 0 Å². The highest BCUT2D eigenvalue weighted by Crippen LogP contribution is 2.42. The molecule has 0 amide bonds. The van der Waals surface area contributed by atoms with Gasteiger partial charge < -0.3 is 14.7 Å². The lowest BCUT2D eigenvalue weighted by Crippen LogP contribution is -2.64. The normalized spacial score (nSPS) is 16.9. The third kappa shape index (κ3) is 2.43. The zero-order valence-electron chi connectivity index (χ0n) is 12.0. The minimum Gasteiger partial charge on any atom is -0.487 e. The van der Waals surface area contributed by atoms with Crippen LogP contribution in [0.2, 0.25) is 0 Å². The first kappa shape index (κ1) is 14.6. The molecule has 0 bridgehead atoms. The molecule has 0 unspecified atom stereocenters. The Morgan fingerprint density at radius 2 is 2.15 bits per heavy atom. The molecular formula is C14H20N2O4. The number of β-amino-alcohol motifs (C(OH)–C–C–N with tert-alkyl or cyclic N) is 1. The van der Waals surface area contributed by atoms with Crippen molar-refractivity contribution in [1.82, 2.24) is 0 Å². The summed E-state index contributed by atoms with van der Waals surface area (Å²) in [6, 6.07) is 5.03. The van der Waals surface area contributed by atoms with Gasteiger partial charge in [-0.2, -0.15) is 0 Å². The quantitative estimate of drug-likeness (QED) is 0.661. The summed E-state index contributed by atoms with van der Waals surface area (Å²) in [6.07, 6.45) is 0. The number of hydrogen-bond acceptors (Lipinski definition) is 5. The van der Waals surface area contributed by atoms with E-state index in [1.807, 2.05) is 18.7 Å². The summed E-state index contributed by atoms with van der Waals surface area (Å²) in [6.45, 7) is 6.87. The summed E-state index contributed by atoms with van der Waals surface area (Å²) in [4.78, 5) is 12.7. The maximum Gasteiger partial charge on any atom is 0.333 e. The molecule has 1 fully saturated rings. The molecule has 1 aliphatic heterocycles. The Bertz CT molecular complexity index is 510. The van der Waals surface area contributed by atoms with Crippen molar-refractivity contribution in [2.75, 3.05) is 24.6 Å². The molecule has 20 heavy (non-hydrogen) atoms. The van der Waals surface area contributed by atoms with E-state index >= 15 is 0 Å². The van der Waals surface area contributed by atoms with Crippen LogP contribution in [0, 0.1) is 16.0 Å². The topological polar surface area (TPSA) is 75.8 Å². The molecule has 1 aromatic carbocycles. The van der Waals surface area contributed by atoms with Gasteiger partial charge in [-0.1, -0.05) is 19.9 Å². The SMILES string of the molecule is CCOc1cccc(N2CC(O)(C(C)C)C2)c1[N+](=O)[O-]. The van der Waals surface area contributed by atoms with Gasteiger partial charge in [0, 0.05) is 13.1 Å². The largest absolute Gasteiger partial charge is 0.487 e. The maximum absolute atomic E-state index is 11.3. The summed E-state index contributed by atoms with van der Waals surface area (Å²) < 4.78 is 5.33. The van der Waals surface area contributed by atoms with Gasteiger partial charge in [0.2, 0.25) is 0 Å². The van der Waals surface area contributed by atoms with Crippen molar-refractivity contribution in [2.45, 2.75) is 26.4 Å². The second kappa shape index (κ2) is 5.28.